The number of aliphatic imine (C=N–C) groups is 1. The van der Waals surface area contributed by atoms with Crippen LogP contribution in [0.25, 0.3) is 17.1 Å². The number of anilines is 1. The largest absolute Gasteiger partial charge is 0.573 e. The van der Waals surface area contributed by atoms with Gasteiger partial charge >= 0.3 is 12.4 Å². The molecule has 1 fully saturated rings. The van der Waals surface area contributed by atoms with E-state index in [0.29, 0.717) is 33.7 Å². The number of benzene rings is 3. The second-order valence-corrected chi connectivity index (χ2v) is 11.4. The zero-order chi connectivity index (χ0) is 31.4. The number of alkyl halides is 3. The second-order valence-electron chi connectivity index (χ2n) is 10.3. The first-order valence-corrected chi connectivity index (χ1v) is 14.7. The molecule has 4 aromatic rings. The molecule has 0 bridgehead atoms. The molecule has 2 amide bonds. The van der Waals surface area contributed by atoms with Gasteiger partial charge in [-0.15, -0.1) is 18.3 Å². The summed E-state index contributed by atoms with van der Waals surface area (Å²) in [7, 11) is 0. The highest BCUT2D eigenvalue weighted by atomic mass is 32.2. The minimum Gasteiger partial charge on any atom is -0.406 e. The van der Waals surface area contributed by atoms with Crippen molar-refractivity contribution in [3.05, 3.63) is 89.7 Å². The third kappa shape index (κ3) is 7.20. The molecule has 44 heavy (non-hydrogen) atoms. The summed E-state index contributed by atoms with van der Waals surface area (Å²) < 4.78 is 42.6. The fourth-order valence-corrected chi connectivity index (χ4v) is 5.62. The van der Waals surface area contributed by atoms with Gasteiger partial charge in [-0.05, 0) is 59.9 Å². The lowest BCUT2D eigenvalue weighted by molar-refractivity contribution is -0.274. The Balaban J connectivity index is 1.26. The minimum absolute atomic E-state index is 0.300. The van der Waals surface area contributed by atoms with Crippen molar-refractivity contribution in [1.82, 2.24) is 20.1 Å². The van der Waals surface area contributed by atoms with Crippen molar-refractivity contribution in [2.45, 2.75) is 39.1 Å². The zero-order valence-electron chi connectivity index (χ0n) is 24.0. The fourth-order valence-electron chi connectivity index (χ4n) is 4.67. The van der Waals surface area contributed by atoms with Crippen LogP contribution in [0.5, 0.6) is 5.75 Å². The number of nitrogens with one attached hydrogen (secondary N) is 1. The van der Waals surface area contributed by atoms with E-state index in [0.717, 1.165) is 23.5 Å². The average Bonchev–Trinajstić information content (AvgIpc) is 3.66. The predicted molar refractivity (Wildman–Crippen MR) is 163 cm³/mol. The topological polar surface area (TPSA) is 108 Å². The van der Waals surface area contributed by atoms with Crippen LogP contribution >= 0.6 is 11.8 Å². The van der Waals surface area contributed by atoms with Crippen molar-refractivity contribution < 1.29 is 22.7 Å². The number of urea groups is 1. The second kappa shape index (κ2) is 12.8. The van der Waals surface area contributed by atoms with Gasteiger partial charge in [0.15, 0.2) is 11.0 Å². The van der Waals surface area contributed by atoms with Gasteiger partial charge < -0.3 is 15.0 Å². The van der Waals surface area contributed by atoms with Crippen LogP contribution in [-0.4, -0.2) is 44.6 Å². The van der Waals surface area contributed by atoms with E-state index in [2.05, 4.69) is 68.1 Å². The summed E-state index contributed by atoms with van der Waals surface area (Å²) in [5, 5.41) is 17.5. The van der Waals surface area contributed by atoms with Gasteiger partial charge in [-0.1, -0.05) is 62.0 Å². The molecule has 1 aliphatic rings. The number of hydrogen-bond donors (Lipinski definition) is 1. The Hall–Kier alpha value is -4.83. The molecule has 1 aromatic heterocycles. The summed E-state index contributed by atoms with van der Waals surface area (Å²) in [6, 6.07) is 18.9. The van der Waals surface area contributed by atoms with Crippen molar-refractivity contribution in [2.75, 3.05) is 17.2 Å². The number of carbonyl (C=O) groups excluding carboxylic acids is 1. The summed E-state index contributed by atoms with van der Waals surface area (Å²) in [6.45, 7) is 7.02. The lowest BCUT2D eigenvalue weighted by Crippen LogP contribution is -2.30. The number of carbonyl (C=O) groups is 1. The highest BCUT2D eigenvalue weighted by molar-refractivity contribution is 8.14. The predicted octanol–water partition coefficient (Wildman–Crippen LogP) is 7.15. The number of rotatable bonds is 7. The standard InChI is InChI=1S/C31H28F3N7O2S/c1-19(2)25-13-4-20(3)16-27(25)40-14-15-44-30(40)38-29(42)37-26(17-35)21-5-7-22(8-6-21)28-36-18-41(39-28)23-9-11-24(12-10-23)43-31(32,33)34/h4-13,16,18-19,26H,14-15H2,1-3H3,(H,37,42). The van der Waals surface area contributed by atoms with Crippen molar-refractivity contribution in [3.8, 4) is 28.9 Å². The summed E-state index contributed by atoms with van der Waals surface area (Å²) in [4.78, 5) is 23.6. The van der Waals surface area contributed by atoms with E-state index in [1.165, 1.54) is 52.6 Å². The van der Waals surface area contributed by atoms with Gasteiger partial charge in [0, 0.05) is 23.5 Å². The molecule has 13 heteroatoms. The number of aromatic nitrogens is 3. The van der Waals surface area contributed by atoms with Crippen LogP contribution in [0.15, 0.2) is 78.0 Å². The van der Waals surface area contributed by atoms with Crippen LogP contribution in [0.3, 0.4) is 0 Å². The third-order valence-electron chi connectivity index (χ3n) is 6.80. The van der Waals surface area contributed by atoms with Crippen LogP contribution < -0.4 is 15.0 Å². The maximum absolute atomic E-state index is 12.9. The number of aryl methyl sites for hydroxylation is 1. The highest BCUT2D eigenvalue weighted by Gasteiger charge is 2.31. The Morgan fingerprint density at radius 1 is 1.11 bits per heavy atom. The van der Waals surface area contributed by atoms with Crippen molar-refractivity contribution >= 4 is 28.6 Å². The van der Waals surface area contributed by atoms with Crippen LogP contribution in [0, 0.1) is 18.3 Å². The highest BCUT2D eigenvalue weighted by Crippen LogP contribution is 2.33. The molecule has 226 valence electrons. The SMILES string of the molecule is Cc1ccc(C(C)C)c(N2CCSC2=NC(=O)NC(C#N)c2ccc(-c3ncn(-c4ccc(OC(F)(F)F)cc4)n3)cc2)c1. The molecule has 3 aromatic carbocycles. The first-order valence-electron chi connectivity index (χ1n) is 13.7. The van der Waals surface area contributed by atoms with Crippen molar-refractivity contribution in [3.63, 3.8) is 0 Å². The van der Waals surface area contributed by atoms with E-state index in [-0.39, 0.29) is 5.75 Å². The molecular formula is C31H28F3N7O2S. The Morgan fingerprint density at radius 2 is 1.84 bits per heavy atom. The molecule has 2 heterocycles. The Morgan fingerprint density at radius 3 is 2.50 bits per heavy atom. The number of ether oxygens (including phenoxy) is 1. The molecule has 0 saturated carbocycles. The fraction of sp³-hybridized carbons (Fsp3) is 0.258. The normalized spacial score (nSPS) is 15.0. The molecule has 1 aliphatic heterocycles. The van der Waals surface area contributed by atoms with E-state index >= 15 is 0 Å². The third-order valence-corrected chi connectivity index (χ3v) is 7.76. The zero-order valence-corrected chi connectivity index (χ0v) is 24.9. The van der Waals surface area contributed by atoms with Crippen LogP contribution in [0.4, 0.5) is 23.7 Å². The van der Waals surface area contributed by atoms with Gasteiger partial charge in [-0.2, -0.15) is 10.3 Å². The number of hydrogen-bond acceptors (Lipinski definition) is 6. The maximum Gasteiger partial charge on any atom is 0.573 e. The molecule has 5 rings (SSSR count). The van der Waals surface area contributed by atoms with Gasteiger partial charge in [0.25, 0.3) is 0 Å². The van der Waals surface area contributed by atoms with E-state index < -0.39 is 18.4 Å². The van der Waals surface area contributed by atoms with E-state index in [1.807, 2.05) is 6.92 Å². The first-order chi connectivity index (χ1) is 21.0. The number of thioether (sulfide) groups is 1. The quantitative estimate of drug-likeness (QED) is 0.234. The van der Waals surface area contributed by atoms with Gasteiger partial charge in [-0.25, -0.2) is 14.5 Å². The number of amides is 2. The minimum atomic E-state index is -4.77. The van der Waals surface area contributed by atoms with E-state index in [1.54, 1.807) is 24.3 Å². The summed E-state index contributed by atoms with van der Waals surface area (Å²) in [5.74, 6) is 1.12. The van der Waals surface area contributed by atoms with Crippen LogP contribution in [-0.2, 0) is 0 Å². The molecule has 9 nitrogen and oxygen atoms in total. The lowest BCUT2D eigenvalue weighted by atomic mass is 9.99. The van der Waals surface area contributed by atoms with E-state index in [4.69, 9.17) is 0 Å². The molecule has 1 atom stereocenters. The summed E-state index contributed by atoms with van der Waals surface area (Å²) in [6.07, 6.45) is -3.34. The molecular weight excluding hydrogens is 591 g/mol. The van der Waals surface area contributed by atoms with Gasteiger partial charge in [0.05, 0.1) is 11.8 Å². The average molecular weight is 620 g/mol. The van der Waals surface area contributed by atoms with E-state index in [9.17, 15) is 23.2 Å². The van der Waals surface area contributed by atoms with Gasteiger partial charge in [0.1, 0.15) is 18.1 Å². The summed E-state index contributed by atoms with van der Waals surface area (Å²) >= 11 is 1.50. The van der Waals surface area contributed by atoms with Gasteiger partial charge in [-0.3, -0.25) is 0 Å². The molecule has 0 aliphatic carbocycles. The summed E-state index contributed by atoms with van der Waals surface area (Å²) in [5.41, 5.74) is 5.02. The molecule has 1 saturated heterocycles. The Bertz CT molecular complexity index is 1710. The van der Waals surface area contributed by atoms with Crippen molar-refractivity contribution in [2.24, 2.45) is 4.99 Å². The maximum atomic E-state index is 12.9. The monoisotopic (exact) mass is 619 g/mol. The van der Waals surface area contributed by atoms with Crippen molar-refractivity contribution in [1.29, 1.82) is 5.26 Å². The molecule has 1 unspecified atom stereocenters. The number of nitrogens with zero attached hydrogens (tertiary/aromatic N) is 6. The van der Waals surface area contributed by atoms with Crippen LogP contribution in [0.1, 0.15) is 42.5 Å². The first kappa shape index (κ1) is 30.6. The van der Waals surface area contributed by atoms with Crippen LogP contribution in [0.2, 0.25) is 0 Å². The number of halogens is 3. The lowest BCUT2D eigenvalue weighted by Gasteiger charge is -2.23. The molecule has 1 N–H and O–H groups in total. The number of amidine groups is 1. The Labute approximate surface area is 256 Å². The smallest absolute Gasteiger partial charge is 0.406 e. The van der Waals surface area contributed by atoms with Gasteiger partial charge in [0.2, 0.25) is 0 Å². The molecule has 0 radical (unpaired) electrons. The molecule has 0 spiro atoms. The Kier molecular flexibility index (Phi) is 8.91. The number of nitriles is 1.